The Labute approximate surface area is 187 Å². The molecule has 0 saturated carbocycles. The molecule has 5 heteroatoms. The van der Waals surface area contributed by atoms with Gasteiger partial charge in [-0.25, -0.2) is 0 Å². The molecule has 172 valence electrons. The van der Waals surface area contributed by atoms with Gasteiger partial charge in [0.2, 0.25) is 0 Å². The van der Waals surface area contributed by atoms with Gasteiger partial charge in [-0.2, -0.15) is 0 Å². The molecule has 0 aliphatic carbocycles. The summed E-state index contributed by atoms with van der Waals surface area (Å²) >= 11 is 0. The van der Waals surface area contributed by atoms with E-state index >= 15 is 0 Å². The molecule has 0 bridgehead atoms. The second-order valence-electron chi connectivity index (χ2n) is 7.74. The Bertz CT molecular complexity index is 724. The maximum absolute atomic E-state index is 6.66. The Kier molecular flexibility index (Phi) is 10.5. The van der Waals surface area contributed by atoms with Crippen LogP contribution in [0.1, 0.15) is 50.7 Å². The topological polar surface area (TPSA) is 46.2 Å². The van der Waals surface area contributed by atoms with Crippen LogP contribution >= 0.6 is 0 Å². The highest BCUT2D eigenvalue weighted by molar-refractivity contribution is 5.44. The van der Waals surface area contributed by atoms with Gasteiger partial charge in [0.05, 0.1) is 40.6 Å². The van der Waals surface area contributed by atoms with E-state index in [1.54, 1.807) is 28.4 Å². The molecule has 31 heavy (non-hydrogen) atoms. The third kappa shape index (κ3) is 7.35. The zero-order chi connectivity index (χ0) is 22.6. The van der Waals surface area contributed by atoms with Crippen LogP contribution in [0.4, 0.5) is 0 Å². The summed E-state index contributed by atoms with van der Waals surface area (Å²) in [6.07, 6.45) is 6.18. The molecule has 0 N–H and O–H groups in total. The lowest BCUT2D eigenvalue weighted by molar-refractivity contribution is -0.0200. The zero-order valence-electron chi connectivity index (χ0n) is 19.9. The molecule has 0 fully saturated rings. The number of rotatable bonds is 14. The van der Waals surface area contributed by atoms with E-state index in [0.717, 1.165) is 61.5 Å². The predicted molar refractivity (Wildman–Crippen MR) is 125 cm³/mol. The van der Waals surface area contributed by atoms with Crippen LogP contribution in [0.25, 0.3) is 0 Å². The van der Waals surface area contributed by atoms with Gasteiger partial charge in [-0.05, 0) is 61.1 Å². The predicted octanol–water partition coefficient (Wildman–Crippen LogP) is 5.86. The summed E-state index contributed by atoms with van der Waals surface area (Å²) in [5.41, 5.74) is 2.38. The van der Waals surface area contributed by atoms with Gasteiger partial charge in [0, 0.05) is 0 Å². The SMILES string of the molecule is CCCC(Cc1ccc(OC)c(OC)c1)OC(CCC)Cc1ccc(OC)c(OC)c1. The fraction of sp³-hybridized carbons (Fsp3) is 0.538. The van der Waals surface area contributed by atoms with Crippen LogP contribution in [0.3, 0.4) is 0 Å². The van der Waals surface area contributed by atoms with E-state index in [0.29, 0.717) is 0 Å². The van der Waals surface area contributed by atoms with Gasteiger partial charge in [0.25, 0.3) is 0 Å². The Hall–Kier alpha value is -2.40. The summed E-state index contributed by atoms with van der Waals surface area (Å²) < 4.78 is 28.3. The molecule has 2 unspecified atom stereocenters. The highest BCUT2D eigenvalue weighted by Crippen LogP contribution is 2.30. The van der Waals surface area contributed by atoms with Crippen molar-refractivity contribution in [1.82, 2.24) is 0 Å². The second-order valence-corrected chi connectivity index (χ2v) is 7.74. The molecular weight excluding hydrogens is 392 g/mol. The monoisotopic (exact) mass is 430 g/mol. The van der Waals surface area contributed by atoms with E-state index in [1.165, 1.54) is 11.1 Å². The van der Waals surface area contributed by atoms with Gasteiger partial charge >= 0.3 is 0 Å². The largest absolute Gasteiger partial charge is 0.493 e. The average molecular weight is 431 g/mol. The quantitative estimate of drug-likeness (QED) is 0.376. The van der Waals surface area contributed by atoms with Gasteiger partial charge in [0.1, 0.15) is 0 Å². The van der Waals surface area contributed by atoms with E-state index in [9.17, 15) is 0 Å². The third-order valence-corrected chi connectivity index (χ3v) is 5.43. The van der Waals surface area contributed by atoms with Crippen molar-refractivity contribution in [3.05, 3.63) is 47.5 Å². The van der Waals surface area contributed by atoms with Crippen LogP contribution in [-0.2, 0) is 17.6 Å². The van der Waals surface area contributed by atoms with Crippen molar-refractivity contribution < 1.29 is 23.7 Å². The Morgan fingerprint density at radius 3 is 1.29 bits per heavy atom. The number of benzene rings is 2. The number of methoxy groups -OCH3 is 4. The van der Waals surface area contributed by atoms with Gasteiger partial charge in [-0.3, -0.25) is 0 Å². The Balaban J connectivity index is 2.14. The van der Waals surface area contributed by atoms with Crippen molar-refractivity contribution in [2.24, 2.45) is 0 Å². The van der Waals surface area contributed by atoms with E-state index < -0.39 is 0 Å². The zero-order valence-corrected chi connectivity index (χ0v) is 19.9. The first-order valence-corrected chi connectivity index (χ1v) is 11.2. The van der Waals surface area contributed by atoms with Crippen LogP contribution in [0.5, 0.6) is 23.0 Å². The van der Waals surface area contributed by atoms with Crippen LogP contribution in [0.15, 0.2) is 36.4 Å². The molecule has 2 rings (SSSR count). The van der Waals surface area contributed by atoms with Crippen LogP contribution in [-0.4, -0.2) is 40.6 Å². The first-order valence-electron chi connectivity index (χ1n) is 11.2. The standard InChI is InChI=1S/C26H38O5/c1-7-9-21(15-19-11-13-23(27-3)25(17-19)29-5)31-22(10-8-2)16-20-12-14-24(28-4)26(18-20)30-6/h11-14,17-18,21-22H,7-10,15-16H2,1-6H3. The first-order chi connectivity index (χ1) is 15.1. The molecule has 0 aromatic heterocycles. The minimum absolute atomic E-state index is 0.153. The van der Waals surface area contributed by atoms with Gasteiger partial charge < -0.3 is 23.7 Å². The minimum Gasteiger partial charge on any atom is -0.493 e. The van der Waals surface area contributed by atoms with E-state index in [-0.39, 0.29) is 12.2 Å². The van der Waals surface area contributed by atoms with Gasteiger partial charge in [-0.15, -0.1) is 0 Å². The molecule has 0 aliphatic heterocycles. The molecule has 0 heterocycles. The number of hydrogen-bond acceptors (Lipinski definition) is 5. The maximum atomic E-state index is 6.66. The lowest BCUT2D eigenvalue weighted by Gasteiger charge is -2.25. The molecular formula is C26H38O5. The summed E-state index contributed by atoms with van der Waals surface area (Å²) in [5, 5.41) is 0. The van der Waals surface area contributed by atoms with E-state index in [2.05, 4.69) is 26.0 Å². The molecule has 2 atom stereocenters. The number of hydrogen-bond donors (Lipinski definition) is 0. The van der Waals surface area contributed by atoms with Crippen molar-refractivity contribution in [2.75, 3.05) is 28.4 Å². The lowest BCUT2D eigenvalue weighted by Crippen LogP contribution is -2.26. The maximum Gasteiger partial charge on any atom is 0.160 e. The Morgan fingerprint density at radius 2 is 0.968 bits per heavy atom. The first kappa shape index (κ1) is 24.9. The molecule has 0 amide bonds. The summed E-state index contributed by atoms with van der Waals surface area (Å²) in [5.74, 6) is 3.00. The summed E-state index contributed by atoms with van der Waals surface area (Å²) in [4.78, 5) is 0. The minimum atomic E-state index is 0.153. The number of ether oxygens (including phenoxy) is 5. The molecule has 0 radical (unpaired) electrons. The van der Waals surface area contributed by atoms with Crippen molar-refractivity contribution in [1.29, 1.82) is 0 Å². The van der Waals surface area contributed by atoms with Crippen LogP contribution < -0.4 is 18.9 Å². The van der Waals surface area contributed by atoms with Crippen molar-refractivity contribution >= 4 is 0 Å². The smallest absolute Gasteiger partial charge is 0.160 e. The van der Waals surface area contributed by atoms with Crippen LogP contribution in [0.2, 0.25) is 0 Å². The van der Waals surface area contributed by atoms with Gasteiger partial charge in [0.15, 0.2) is 23.0 Å². The fourth-order valence-corrected chi connectivity index (χ4v) is 3.89. The molecule has 0 saturated heterocycles. The fourth-order valence-electron chi connectivity index (χ4n) is 3.89. The normalized spacial score (nSPS) is 12.8. The van der Waals surface area contributed by atoms with Crippen molar-refractivity contribution in [3.8, 4) is 23.0 Å². The molecule has 0 spiro atoms. The lowest BCUT2D eigenvalue weighted by atomic mass is 10.0. The molecule has 2 aromatic carbocycles. The molecule has 5 nitrogen and oxygen atoms in total. The average Bonchev–Trinajstić information content (AvgIpc) is 2.79. The molecule has 2 aromatic rings. The molecule has 0 aliphatic rings. The van der Waals surface area contributed by atoms with Crippen LogP contribution in [0, 0.1) is 0 Å². The Morgan fingerprint density at radius 1 is 0.581 bits per heavy atom. The summed E-state index contributed by atoms with van der Waals surface area (Å²) in [7, 11) is 6.65. The van der Waals surface area contributed by atoms with Gasteiger partial charge in [-0.1, -0.05) is 38.8 Å². The highest BCUT2D eigenvalue weighted by atomic mass is 16.5. The van der Waals surface area contributed by atoms with Crippen molar-refractivity contribution in [3.63, 3.8) is 0 Å². The third-order valence-electron chi connectivity index (χ3n) is 5.43. The van der Waals surface area contributed by atoms with E-state index in [4.69, 9.17) is 23.7 Å². The van der Waals surface area contributed by atoms with Crippen molar-refractivity contribution in [2.45, 2.75) is 64.6 Å². The second kappa shape index (κ2) is 13.1. The summed E-state index contributed by atoms with van der Waals surface area (Å²) in [6, 6.07) is 12.2. The highest BCUT2D eigenvalue weighted by Gasteiger charge is 2.19. The summed E-state index contributed by atoms with van der Waals surface area (Å²) in [6.45, 7) is 4.41. The van der Waals surface area contributed by atoms with E-state index in [1.807, 2.05) is 24.3 Å².